The van der Waals surface area contributed by atoms with E-state index in [2.05, 4.69) is 15.0 Å². The largest absolute Gasteiger partial charge is 0.506 e. The summed E-state index contributed by atoms with van der Waals surface area (Å²) in [4.78, 5) is 44.1. The Morgan fingerprint density at radius 1 is 0.707 bits per heavy atom. The fourth-order valence-corrected chi connectivity index (χ4v) is 5.46. The molecule has 0 saturated heterocycles. The summed E-state index contributed by atoms with van der Waals surface area (Å²) < 4.78 is 50.2. The maximum atomic E-state index is 12.9. The number of ketones is 3. The highest BCUT2D eigenvalue weighted by Crippen LogP contribution is 2.36. The molecule has 17 heteroatoms. The van der Waals surface area contributed by atoms with Crippen molar-refractivity contribution in [3.63, 3.8) is 0 Å². The van der Waals surface area contributed by atoms with E-state index in [-0.39, 0.29) is 34.7 Å². The third-order valence-electron chi connectivity index (χ3n) is 7.32. The summed E-state index contributed by atoms with van der Waals surface area (Å²) in [7, 11) is -4.67. The summed E-state index contributed by atoms with van der Waals surface area (Å²) in [6.07, 6.45) is 9.87. The van der Waals surface area contributed by atoms with Crippen LogP contribution in [0.25, 0.3) is 32.7 Å². The highest BCUT2D eigenvalue weighted by atomic mass is 35.5. The maximum absolute atomic E-state index is 12.9. The van der Waals surface area contributed by atoms with E-state index in [0.29, 0.717) is 54.4 Å². The summed E-state index contributed by atoms with van der Waals surface area (Å²) in [6, 6.07) is 26.5. The second-order valence-electron chi connectivity index (χ2n) is 11.5. The van der Waals surface area contributed by atoms with Crippen LogP contribution in [0.5, 0.6) is 23.0 Å². The molecule has 0 bridgehead atoms. The van der Waals surface area contributed by atoms with Gasteiger partial charge in [0.1, 0.15) is 39.8 Å². The van der Waals surface area contributed by atoms with Gasteiger partial charge in [0.05, 0.1) is 15.9 Å². The van der Waals surface area contributed by atoms with Crippen molar-refractivity contribution in [3.8, 4) is 23.0 Å². The van der Waals surface area contributed by atoms with E-state index in [1.54, 1.807) is 79.3 Å². The molecular formula is C41H30Cl2FN3O10S. The van der Waals surface area contributed by atoms with Gasteiger partial charge in [-0.3, -0.25) is 38.4 Å². The average molecular weight is 847 g/mol. The number of nitrogens with zero attached hydrogens (tertiary/aromatic N) is 3. The average Bonchev–Trinajstić information content (AvgIpc) is 3.17. The molecule has 4 aromatic carbocycles. The number of phenolic OH excluding ortho intramolecular Hbond substituents is 2. The Morgan fingerprint density at radius 2 is 1.28 bits per heavy atom. The molecule has 7 aromatic rings. The number of carbonyl (C=O) groups excluding carboxylic acids is 3. The van der Waals surface area contributed by atoms with Crippen molar-refractivity contribution >= 4 is 83.7 Å². The van der Waals surface area contributed by atoms with Crippen LogP contribution in [0.3, 0.4) is 0 Å². The van der Waals surface area contributed by atoms with Gasteiger partial charge in [-0.05, 0) is 104 Å². The topological polar surface area (TPSA) is 214 Å². The fourth-order valence-electron chi connectivity index (χ4n) is 4.88. The van der Waals surface area contributed by atoms with Gasteiger partial charge in [-0.15, -0.1) is 0 Å². The zero-order chi connectivity index (χ0) is 42.4. The smallest absolute Gasteiger partial charge is 0.394 e. The van der Waals surface area contributed by atoms with E-state index in [1.807, 2.05) is 18.2 Å². The van der Waals surface area contributed by atoms with Crippen LogP contribution in [-0.4, -0.2) is 60.0 Å². The number of Topliss-reactive ketones (excluding diaryl/α,β-unsaturated/α-hetero) is 1. The van der Waals surface area contributed by atoms with Crippen LogP contribution in [0, 0.1) is 5.82 Å². The Bertz CT molecular complexity index is 2730. The van der Waals surface area contributed by atoms with Gasteiger partial charge in [-0.25, -0.2) is 4.39 Å². The van der Waals surface area contributed by atoms with Gasteiger partial charge in [-0.2, -0.15) is 8.42 Å². The van der Waals surface area contributed by atoms with E-state index in [9.17, 15) is 29.0 Å². The molecule has 0 aliphatic heterocycles. The van der Waals surface area contributed by atoms with Crippen molar-refractivity contribution in [1.29, 1.82) is 0 Å². The fraction of sp³-hybridized carbons (Fsp3) is 0.0244. The molecule has 0 amide bonds. The van der Waals surface area contributed by atoms with Crippen LogP contribution in [-0.2, 0) is 20.0 Å². The SMILES string of the molecule is CC(=O)c1ccc(O)c2ncccc12.Fc1ccc(Oc2ccnc3cc(Cl)cc(Cl)c23)cc1.O=C1C=CC(=O)C=C1.O=S(=O)(O)O.Oc1cccc2cccnc12. The van der Waals surface area contributed by atoms with Crippen molar-refractivity contribution in [2.45, 2.75) is 6.92 Å². The molecule has 1 aliphatic carbocycles. The highest BCUT2D eigenvalue weighted by Gasteiger charge is 2.11. The van der Waals surface area contributed by atoms with Crippen molar-refractivity contribution in [1.82, 2.24) is 15.0 Å². The molecule has 296 valence electrons. The number of benzene rings is 4. The van der Waals surface area contributed by atoms with Gasteiger partial charge in [0, 0.05) is 39.9 Å². The number of hydrogen-bond acceptors (Lipinski definition) is 11. The lowest BCUT2D eigenvalue weighted by Gasteiger charge is -2.10. The molecule has 13 nitrogen and oxygen atoms in total. The van der Waals surface area contributed by atoms with E-state index in [4.69, 9.17) is 45.5 Å². The van der Waals surface area contributed by atoms with Gasteiger partial charge >= 0.3 is 10.4 Å². The number of pyridine rings is 3. The Labute approximate surface area is 339 Å². The zero-order valence-corrected chi connectivity index (χ0v) is 32.2. The van der Waals surface area contributed by atoms with E-state index < -0.39 is 10.4 Å². The van der Waals surface area contributed by atoms with Crippen LogP contribution < -0.4 is 4.74 Å². The van der Waals surface area contributed by atoms with Crippen molar-refractivity contribution in [3.05, 3.63) is 161 Å². The second kappa shape index (κ2) is 20.5. The number of aromatic nitrogens is 3. The van der Waals surface area contributed by atoms with E-state index >= 15 is 0 Å². The number of para-hydroxylation sites is 1. The minimum absolute atomic E-state index is 0.0250. The van der Waals surface area contributed by atoms with Gasteiger partial charge in [-0.1, -0.05) is 47.5 Å². The number of fused-ring (bicyclic) bond motifs is 3. The molecule has 0 saturated carbocycles. The zero-order valence-electron chi connectivity index (χ0n) is 29.9. The number of halogens is 3. The second-order valence-corrected chi connectivity index (χ2v) is 13.2. The number of rotatable bonds is 3. The third kappa shape index (κ3) is 13.5. The monoisotopic (exact) mass is 845 g/mol. The lowest BCUT2D eigenvalue weighted by molar-refractivity contribution is -0.113. The minimum Gasteiger partial charge on any atom is -0.506 e. The summed E-state index contributed by atoms with van der Waals surface area (Å²) in [5, 5.41) is 22.1. The Balaban J connectivity index is 0.000000172. The van der Waals surface area contributed by atoms with Crippen LogP contribution in [0.1, 0.15) is 17.3 Å². The Kier molecular flexibility index (Phi) is 15.6. The number of carbonyl (C=O) groups is 3. The number of ether oxygens (including phenoxy) is 1. The van der Waals surface area contributed by atoms with E-state index in [0.717, 1.165) is 5.39 Å². The molecule has 3 heterocycles. The Morgan fingerprint density at radius 3 is 1.88 bits per heavy atom. The summed E-state index contributed by atoms with van der Waals surface area (Å²) in [5.41, 5.74) is 2.36. The molecule has 0 unspecified atom stereocenters. The lowest BCUT2D eigenvalue weighted by Crippen LogP contribution is -1.97. The van der Waals surface area contributed by atoms with Crippen molar-refractivity contribution < 1.29 is 51.2 Å². The standard InChI is InChI=1S/C15H8Cl2FNO.C11H9NO2.C9H7NO.C6H4O2.H2O4S/c16-9-7-12(17)15-13(8-9)19-6-5-14(15)20-11-3-1-10(18)2-4-11;1-7(13)8-4-5-10(14)11-9(8)3-2-6-12-11;11-8-5-1-3-7-4-2-6-10-9(7)8;7-5-1-2-6(8)4-3-5;1-5(2,3)4/h1-8H;2-6,14H,1H3;1-6,11H;1-4H;(H2,1,2,3,4). The van der Waals surface area contributed by atoms with Crippen LogP contribution >= 0.6 is 23.2 Å². The predicted molar refractivity (Wildman–Crippen MR) is 218 cm³/mol. The highest BCUT2D eigenvalue weighted by molar-refractivity contribution is 7.79. The lowest BCUT2D eigenvalue weighted by atomic mass is 10.1. The molecule has 58 heavy (non-hydrogen) atoms. The minimum atomic E-state index is -4.67. The molecule has 0 atom stereocenters. The van der Waals surface area contributed by atoms with Gasteiger partial charge in [0.2, 0.25) is 0 Å². The first-order valence-corrected chi connectivity index (χ1v) is 18.6. The molecular weight excluding hydrogens is 816 g/mol. The molecule has 4 N–H and O–H groups in total. The molecule has 0 radical (unpaired) electrons. The summed E-state index contributed by atoms with van der Waals surface area (Å²) in [6.45, 7) is 1.50. The summed E-state index contributed by atoms with van der Waals surface area (Å²) >= 11 is 12.1. The number of allylic oxidation sites excluding steroid dienone is 4. The third-order valence-corrected chi connectivity index (χ3v) is 7.84. The Hall–Kier alpha value is -6.62. The first-order chi connectivity index (χ1) is 27.5. The normalized spacial score (nSPS) is 11.6. The number of aromatic hydroxyl groups is 2. The number of phenols is 2. The summed E-state index contributed by atoms with van der Waals surface area (Å²) in [5.74, 6) is 0.820. The van der Waals surface area contributed by atoms with Crippen LogP contribution in [0.4, 0.5) is 4.39 Å². The maximum Gasteiger partial charge on any atom is 0.394 e. The molecule has 3 aromatic heterocycles. The molecule has 0 fully saturated rings. The van der Waals surface area contributed by atoms with E-state index in [1.165, 1.54) is 49.4 Å². The predicted octanol–water partition coefficient (Wildman–Crippen LogP) is 9.15. The molecule has 0 spiro atoms. The number of hydrogen-bond donors (Lipinski definition) is 4. The van der Waals surface area contributed by atoms with Crippen LogP contribution in [0.2, 0.25) is 10.0 Å². The van der Waals surface area contributed by atoms with Gasteiger partial charge in [0.25, 0.3) is 0 Å². The quantitative estimate of drug-likeness (QED) is 0.0743. The van der Waals surface area contributed by atoms with Gasteiger partial charge in [0.15, 0.2) is 17.3 Å². The first kappa shape index (κ1) is 44.1. The first-order valence-electron chi connectivity index (χ1n) is 16.4. The van der Waals surface area contributed by atoms with Crippen molar-refractivity contribution in [2.24, 2.45) is 0 Å². The molecule has 8 rings (SSSR count). The van der Waals surface area contributed by atoms with Gasteiger partial charge < -0.3 is 14.9 Å². The van der Waals surface area contributed by atoms with Crippen LogP contribution in [0.15, 0.2) is 140 Å². The van der Waals surface area contributed by atoms with Crippen molar-refractivity contribution in [2.75, 3.05) is 0 Å². The molecule has 1 aliphatic rings.